The fourth-order valence-electron chi connectivity index (χ4n) is 1.00. The van der Waals surface area contributed by atoms with Crippen LogP contribution in [0.15, 0.2) is 30.5 Å². The fourth-order valence-corrected chi connectivity index (χ4v) is 1.00. The van der Waals surface area contributed by atoms with E-state index in [1.807, 2.05) is 26.0 Å². The third-order valence-corrected chi connectivity index (χ3v) is 1.76. The summed E-state index contributed by atoms with van der Waals surface area (Å²) in [4.78, 5) is 15.2. The quantitative estimate of drug-likeness (QED) is 0.735. The molecule has 0 spiro atoms. The minimum absolute atomic E-state index is 0.0759. The largest absolute Gasteiger partial charge is 0.348 e. The van der Waals surface area contributed by atoms with E-state index in [2.05, 4.69) is 10.3 Å². The molecule has 0 aliphatic heterocycles. The van der Waals surface area contributed by atoms with Crippen LogP contribution in [0, 0.1) is 6.92 Å². The van der Waals surface area contributed by atoms with E-state index in [0.717, 1.165) is 11.3 Å². The molecule has 0 saturated carbocycles. The van der Waals surface area contributed by atoms with Crippen LogP contribution in [0.5, 0.6) is 0 Å². The molecule has 0 bridgehead atoms. The summed E-state index contributed by atoms with van der Waals surface area (Å²) in [5.41, 5.74) is 1.99. The van der Waals surface area contributed by atoms with E-state index >= 15 is 0 Å². The molecular formula is C11H14N2O. The second kappa shape index (κ2) is 5.17. The summed E-state index contributed by atoms with van der Waals surface area (Å²) < 4.78 is 0. The Morgan fingerprint density at radius 3 is 2.93 bits per heavy atom. The van der Waals surface area contributed by atoms with E-state index in [4.69, 9.17) is 0 Å². The van der Waals surface area contributed by atoms with Gasteiger partial charge in [0.15, 0.2) is 0 Å². The van der Waals surface area contributed by atoms with Crippen LogP contribution in [0.2, 0.25) is 0 Å². The SMILES string of the molecule is CC=CC(=O)NCc1ccc(C)nc1. The van der Waals surface area contributed by atoms with Gasteiger partial charge in [-0.3, -0.25) is 9.78 Å². The van der Waals surface area contributed by atoms with Crippen LogP contribution >= 0.6 is 0 Å². The van der Waals surface area contributed by atoms with Crippen molar-refractivity contribution in [3.8, 4) is 0 Å². The highest BCUT2D eigenvalue weighted by atomic mass is 16.1. The molecule has 3 heteroatoms. The molecule has 14 heavy (non-hydrogen) atoms. The lowest BCUT2D eigenvalue weighted by molar-refractivity contribution is -0.116. The molecule has 0 aliphatic carbocycles. The maximum absolute atomic E-state index is 11.1. The number of carbonyl (C=O) groups excluding carboxylic acids is 1. The number of carbonyl (C=O) groups is 1. The van der Waals surface area contributed by atoms with Crippen molar-refractivity contribution in [1.29, 1.82) is 0 Å². The molecule has 0 radical (unpaired) electrons. The van der Waals surface area contributed by atoms with Gasteiger partial charge in [-0.2, -0.15) is 0 Å². The molecule has 1 amide bonds. The maximum Gasteiger partial charge on any atom is 0.243 e. The summed E-state index contributed by atoms with van der Waals surface area (Å²) in [7, 11) is 0. The Balaban J connectivity index is 2.46. The monoisotopic (exact) mass is 190 g/mol. The average molecular weight is 190 g/mol. The van der Waals surface area contributed by atoms with Gasteiger partial charge in [0, 0.05) is 18.4 Å². The first-order chi connectivity index (χ1) is 6.72. The molecule has 74 valence electrons. The molecule has 0 fully saturated rings. The predicted octanol–water partition coefficient (Wildman–Crippen LogP) is 1.58. The van der Waals surface area contributed by atoms with Gasteiger partial charge in [0.2, 0.25) is 5.91 Å². The Labute approximate surface area is 83.9 Å². The van der Waals surface area contributed by atoms with Gasteiger partial charge in [-0.1, -0.05) is 12.1 Å². The molecule has 1 aromatic rings. The van der Waals surface area contributed by atoms with Gasteiger partial charge in [0.1, 0.15) is 0 Å². The zero-order valence-electron chi connectivity index (χ0n) is 8.45. The Morgan fingerprint density at radius 1 is 1.57 bits per heavy atom. The highest BCUT2D eigenvalue weighted by Gasteiger charge is 1.95. The first-order valence-corrected chi connectivity index (χ1v) is 4.54. The number of amides is 1. The number of allylic oxidation sites excluding steroid dienone is 1. The molecule has 0 unspecified atom stereocenters. The molecule has 0 atom stereocenters. The highest BCUT2D eigenvalue weighted by Crippen LogP contribution is 1.98. The van der Waals surface area contributed by atoms with E-state index in [1.165, 1.54) is 6.08 Å². The minimum Gasteiger partial charge on any atom is -0.348 e. The van der Waals surface area contributed by atoms with E-state index < -0.39 is 0 Å². The van der Waals surface area contributed by atoms with Gasteiger partial charge < -0.3 is 5.32 Å². The third kappa shape index (κ3) is 3.39. The van der Waals surface area contributed by atoms with Crippen LogP contribution in [0.1, 0.15) is 18.2 Å². The van der Waals surface area contributed by atoms with Crippen molar-refractivity contribution in [2.75, 3.05) is 0 Å². The molecule has 0 saturated heterocycles. The van der Waals surface area contributed by atoms with Crippen molar-refractivity contribution in [3.63, 3.8) is 0 Å². The van der Waals surface area contributed by atoms with Crippen LogP contribution in [0.4, 0.5) is 0 Å². The first-order valence-electron chi connectivity index (χ1n) is 4.54. The lowest BCUT2D eigenvalue weighted by Gasteiger charge is -2.01. The van der Waals surface area contributed by atoms with E-state index in [9.17, 15) is 4.79 Å². The van der Waals surface area contributed by atoms with Crippen molar-refractivity contribution in [2.45, 2.75) is 20.4 Å². The summed E-state index contributed by atoms with van der Waals surface area (Å²) >= 11 is 0. The maximum atomic E-state index is 11.1. The molecule has 0 aliphatic rings. The summed E-state index contributed by atoms with van der Waals surface area (Å²) in [6.07, 6.45) is 4.98. The number of aryl methyl sites for hydroxylation is 1. The van der Waals surface area contributed by atoms with Gasteiger partial charge in [0.25, 0.3) is 0 Å². The molecule has 1 rings (SSSR count). The first kappa shape index (κ1) is 10.4. The van der Waals surface area contributed by atoms with Gasteiger partial charge in [-0.15, -0.1) is 0 Å². The number of nitrogens with one attached hydrogen (secondary N) is 1. The Hall–Kier alpha value is -1.64. The highest BCUT2D eigenvalue weighted by molar-refractivity contribution is 5.87. The topological polar surface area (TPSA) is 42.0 Å². The molecule has 1 N–H and O–H groups in total. The average Bonchev–Trinajstić information content (AvgIpc) is 2.17. The molecular weight excluding hydrogens is 176 g/mol. The number of pyridine rings is 1. The van der Waals surface area contributed by atoms with E-state index in [1.54, 1.807) is 12.3 Å². The van der Waals surface area contributed by atoms with Gasteiger partial charge >= 0.3 is 0 Å². The number of nitrogens with zero attached hydrogens (tertiary/aromatic N) is 1. The van der Waals surface area contributed by atoms with E-state index in [-0.39, 0.29) is 5.91 Å². The lowest BCUT2D eigenvalue weighted by Crippen LogP contribution is -2.20. The second-order valence-corrected chi connectivity index (χ2v) is 3.03. The van der Waals surface area contributed by atoms with Crippen LogP contribution in [0.25, 0.3) is 0 Å². The van der Waals surface area contributed by atoms with Crippen molar-refractivity contribution in [2.24, 2.45) is 0 Å². The van der Waals surface area contributed by atoms with Crippen LogP contribution in [-0.2, 0) is 11.3 Å². The van der Waals surface area contributed by atoms with Crippen LogP contribution in [0.3, 0.4) is 0 Å². The number of hydrogen-bond donors (Lipinski definition) is 1. The smallest absolute Gasteiger partial charge is 0.243 e. The zero-order valence-corrected chi connectivity index (χ0v) is 8.45. The van der Waals surface area contributed by atoms with E-state index in [0.29, 0.717) is 6.54 Å². The van der Waals surface area contributed by atoms with Crippen LogP contribution in [-0.4, -0.2) is 10.9 Å². The predicted molar refractivity (Wildman–Crippen MR) is 55.6 cm³/mol. The number of rotatable bonds is 3. The zero-order chi connectivity index (χ0) is 10.4. The summed E-state index contributed by atoms with van der Waals surface area (Å²) in [5.74, 6) is -0.0759. The van der Waals surface area contributed by atoms with Gasteiger partial charge in [0.05, 0.1) is 0 Å². The van der Waals surface area contributed by atoms with Crippen LogP contribution < -0.4 is 5.32 Å². The normalized spacial score (nSPS) is 10.4. The van der Waals surface area contributed by atoms with Crippen molar-refractivity contribution < 1.29 is 4.79 Å². The second-order valence-electron chi connectivity index (χ2n) is 3.03. The standard InChI is InChI=1S/C11H14N2O/c1-3-4-11(14)13-8-10-6-5-9(2)12-7-10/h3-7H,8H2,1-2H3,(H,13,14). The molecule has 1 aromatic heterocycles. The summed E-state index contributed by atoms with van der Waals surface area (Å²) in [6, 6.07) is 3.88. The fraction of sp³-hybridized carbons (Fsp3) is 0.273. The molecule has 0 aromatic carbocycles. The Bertz CT molecular complexity index is 328. The third-order valence-electron chi connectivity index (χ3n) is 1.76. The summed E-state index contributed by atoms with van der Waals surface area (Å²) in [6.45, 7) is 4.27. The Morgan fingerprint density at radius 2 is 2.36 bits per heavy atom. The van der Waals surface area contributed by atoms with Crippen molar-refractivity contribution in [1.82, 2.24) is 10.3 Å². The summed E-state index contributed by atoms with van der Waals surface area (Å²) in [5, 5.41) is 2.75. The Kier molecular flexibility index (Phi) is 3.85. The van der Waals surface area contributed by atoms with Crippen molar-refractivity contribution in [3.05, 3.63) is 41.7 Å². The molecule has 3 nitrogen and oxygen atoms in total. The van der Waals surface area contributed by atoms with Gasteiger partial charge in [-0.05, 0) is 31.6 Å². The number of aromatic nitrogens is 1. The lowest BCUT2D eigenvalue weighted by atomic mass is 10.2. The number of hydrogen-bond acceptors (Lipinski definition) is 2. The van der Waals surface area contributed by atoms with Gasteiger partial charge in [-0.25, -0.2) is 0 Å². The molecule has 1 heterocycles. The van der Waals surface area contributed by atoms with Crippen molar-refractivity contribution >= 4 is 5.91 Å². The minimum atomic E-state index is -0.0759.